The normalized spacial score (nSPS) is 15.2. The van der Waals surface area contributed by atoms with Gasteiger partial charge in [0.15, 0.2) is 19.7 Å². The fourth-order valence-electron chi connectivity index (χ4n) is 2.06. The van der Waals surface area contributed by atoms with Crippen LogP contribution in [-0.2, 0) is 19.7 Å². The van der Waals surface area contributed by atoms with Crippen LogP contribution in [0.1, 0.15) is 60.3 Å². The van der Waals surface area contributed by atoms with Crippen molar-refractivity contribution in [1.29, 1.82) is 0 Å². The molecule has 6 heteroatoms. The fraction of sp³-hybridized carbons (Fsp3) is 1.00. The van der Waals surface area contributed by atoms with Gasteiger partial charge in [0.25, 0.3) is 0 Å². The Morgan fingerprint density at radius 2 is 1.30 bits per heavy atom. The molecule has 0 unspecified atom stereocenters. The zero-order valence-electron chi connectivity index (χ0n) is 13.5. The molecule has 0 aromatic rings. The van der Waals surface area contributed by atoms with E-state index in [-0.39, 0.29) is 17.3 Å². The van der Waals surface area contributed by atoms with Crippen molar-refractivity contribution < 1.29 is 16.8 Å². The van der Waals surface area contributed by atoms with E-state index in [1.54, 1.807) is 20.8 Å². The van der Waals surface area contributed by atoms with Gasteiger partial charge in [-0.25, -0.2) is 16.8 Å². The van der Waals surface area contributed by atoms with Crippen LogP contribution in [0.25, 0.3) is 0 Å². The van der Waals surface area contributed by atoms with E-state index in [2.05, 4.69) is 0 Å². The lowest BCUT2D eigenvalue weighted by Gasteiger charge is -2.30. The van der Waals surface area contributed by atoms with Gasteiger partial charge in [-0.05, 0) is 18.3 Å². The first-order valence-electron chi connectivity index (χ1n) is 7.38. The largest absolute Gasteiger partial charge is 0.229 e. The Labute approximate surface area is 125 Å². The molecule has 0 amide bonds. The van der Waals surface area contributed by atoms with E-state index in [1.807, 2.05) is 13.8 Å². The average Bonchev–Trinajstić information content (AvgIpc) is 2.30. The van der Waals surface area contributed by atoms with Gasteiger partial charge in [-0.15, -0.1) is 0 Å². The van der Waals surface area contributed by atoms with Crippen molar-refractivity contribution in [3.63, 3.8) is 0 Å². The Morgan fingerprint density at radius 3 is 1.70 bits per heavy atom. The Hall–Kier alpha value is -0.100. The summed E-state index contributed by atoms with van der Waals surface area (Å²) >= 11 is 0. The molecular formula is C14H30O4S2. The summed E-state index contributed by atoms with van der Waals surface area (Å²) in [6, 6.07) is 0. The first kappa shape index (κ1) is 19.9. The lowest BCUT2D eigenvalue weighted by atomic mass is 9.93. The lowest BCUT2D eigenvalue weighted by Crippen LogP contribution is -2.42. The highest BCUT2D eigenvalue weighted by Crippen LogP contribution is 2.28. The van der Waals surface area contributed by atoms with Crippen molar-refractivity contribution in [2.24, 2.45) is 5.41 Å². The van der Waals surface area contributed by atoms with Gasteiger partial charge < -0.3 is 0 Å². The summed E-state index contributed by atoms with van der Waals surface area (Å²) in [6.45, 7) is 9.26. The molecule has 0 heterocycles. The predicted molar refractivity (Wildman–Crippen MR) is 85.5 cm³/mol. The number of rotatable bonds is 9. The summed E-state index contributed by atoms with van der Waals surface area (Å²) < 4.78 is 49.1. The van der Waals surface area contributed by atoms with Crippen LogP contribution >= 0.6 is 0 Å². The molecule has 0 fully saturated rings. The number of hydrogen-bond acceptors (Lipinski definition) is 4. The first-order valence-corrected chi connectivity index (χ1v) is 10.9. The minimum atomic E-state index is -3.38. The molecule has 0 radical (unpaired) electrons. The molecule has 0 aliphatic rings. The van der Waals surface area contributed by atoms with Crippen molar-refractivity contribution in [3.05, 3.63) is 0 Å². The second-order valence-corrected chi connectivity index (χ2v) is 11.1. The molecule has 0 saturated heterocycles. The molecule has 122 valence electrons. The molecule has 0 aromatic heterocycles. The maximum atomic E-state index is 12.4. The molecule has 0 aliphatic carbocycles. The maximum absolute atomic E-state index is 12.4. The molecule has 0 N–H and O–H groups in total. The minimum absolute atomic E-state index is 0.0781. The van der Waals surface area contributed by atoms with Gasteiger partial charge in [-0.1, -0.05) is 47.5 Å². The summed E-state index contributed by atoms with van der Waals surface area (Å²) in [5.41, 5.74) is -0.564. The molecule has 0 spiro atoms. The fourth-order valence-corrected chi connectivity index (χ4v) is 7.42. The van der Waals surface area contributed by atoms with Gasteiger partial charge in [-0.3, -0.25) is 0 Å². The molecule has 20 heavy (non-hydrogen) atoms. The van der Waals surface area contributed by atoms with Crippen LogP contribution in [0.4, 0.5) is 0 Å². The topological polar surface area (TPSA) is 68.3 Å². The smallest absolute Gasteiger partial charge is 0.154 e. The zero-order chi connectivity index (χ0) is 16.0. The van der Waals surface area contributed by atoms with E-state index in [1.165, 1.54) is 0 Å². The van der Waals surface area contributed by atoms with Crippen LogP contribution in [-0.4, -0.2) is 39.3 Å². The average molecular weight is 327 g/mol. The van der Waals surface area contributed by atoms with Crippen molar-refractivity contribution >= 4 is 19.7 Å². The van der Waals surface area contributed by atoms with E-state index in [4.69, 9.17) is 0 Å². The summed E-state index contributed by atoms with van der Waals surface area (Å²) in [5.74, 6) is -0.0866. The van der Waals surface area contributed by atoms with Gasteiger partial charge in [-0.2, -0.15) is 0 Å². The van der Waals surface area contributed by atoms with E-state index in [9.17, 15) is 16.8 Å². The number of hydrogen-bond donors (Lipinski definition) is 0. The second-order valence-electron chi connectivity index (χ2n) is 6.54. The highest BCUT2D eigenvalue weighted by molar-refractivity contribution is 7.95. The SMILES string of the molecule is CCCCS(=O)(=O)C[C@@H](C(C)(C)C)S(=O)(=O)CCCC. The summed E-state index contributed by atoms with van der Waals surface area (Å²) in [6.07, 6.45) is 2.76. The van der Waals surface area contributed by atoms with E-state index >= 15 is 0 Å². The monoisotopic (exact) mass is 326 g/mol. The Bertz CT molecular complexity index is 470. The minimum Gasteiger partial charge on any atom is -0.229 e. The van der Waals surface area contributed by atoms with Gasteiger partial charge in [0, 0.05) is 0 Å². The predicted octanol–water partition coefficient (Wildman–Crippen LogP) is 2.83. The van der Waals surface area contributed by atoms with Crippen LogP contribution in [0, 0.1) is 5.41 Å². The van der Waals surface area contributed by atoms with E-state index in [0.717, 1.165) is 12.8 Å². The summed E-state index contributed by atoms with van der Waals surface area (Å²) in [4.78, 5) is 0. The third-order valence-electron chi connectivity index (χ3n) is 3.40. The Kier molecular flexibility index (Phi) is 7.74. The summed E-state index contributed by atoms with van der Waals surface area (Å²) in [5, 5.41) is -0.816. The molecule has 0 saturated carbocycles. The molecule has 0 aromatic carbocycles. The van der Waals surface area contributed by atoms with Crippen LogP contribution in [0.5, 0.6) is 0 Å². The number of unbranched alkanes of at least 4 members (excludes halogenated alkanes) is 2. The van der Waals surface area contributed by atoms with Gasteiger partial charge >= 0.3 is 0 Å². The van der Waals surface area contributed by atoms with Crippen LogP contribution in [0.2, 0.25) is 0 Å². The third-order valence-corrected chi connectivity index (χ3v) is 7.96. The van der Waals surface area contributed by atoms with Gasteiger partial charge in [0.2, 0.25) is 0 Å². The highest BCUT2D eigenvalue weighted by atomic mass is 32.2. The van der Waals surface area contributed by atoms with Gasteiger partial charge in [0.05, 0.1) is 22.5 Å². The molecule has 0 bridgehead atoms. The van der Waals surface area contributed by atoms with E-state index < -0.39 is 30.3 Å². The lowest BCUT2D eigenvalue weighted by molar-refractivity contribution is 0.391. The quantitative estimate of drug-likeness (QED) is 0.653. The molecule has 0 aliphatic heterocycles. The second kappa shape index (κ2) is 7.78. The van der Waals surface area contributed by atoms with Crippen LogP contribution in [0.3, 0.4) is 0 Å². The van der Waals surface area contributed by atoms with Crippen LogP contribution < -0.4 is 0 Å². The Morgan fingerprint density at radius 1 is 0.850 bits per heavy atom. The first-order chi connectivity index (χ1) is 8.96. The van der Waals surface area contributed by atoms with Crippen molar-refractivity contribution in [2.75, 3.05) is 17.3 Å². The zero-order valence-corrected chi connectivity index (χ0v) is 15.1. The van der Waals surface area contributed by atoms with Crippen LogP contribution in [0.15, 0.2) is 0 Å². The van der Waals surface area contributed by atoms with E-state index in [0.29, 0.717) is 12.8 Å². The molecule has 1 atom stereocenters. The third kappa shape index (κ3) is 7.07. The summed E-state index contributed by atoms with van der Waals surface area (Å²) in [7, 11) is -6.69. The van der Waals surface area contributed by atoms with Gasteiger partial charge in [0.1, 0.15) is 0 Å². The molecule has 4 nitrogen and oxygen atoms in total. The highest BCUT2D eigenvalue weighted by Gasteiger charge is 2.38. The maximum Gasteiger partial charge on any atom is 0.154 e. The van der Waals surface area contributed by atoms with Crippen molar-refractivity contribution in [2.45, 2.75) is 65.6 Å². The molecular weight excluding hydrogens is 296 g/mol. The number of sulfone groups is 2. The Balaban J connectivity index is 5.21. The standard InChI is InChI=1S/C14H30O4S2/c1-6-8-10-19(15,16)12-13(14(3,4)5)20(17,18)11-9-7-2/h13H,6-12H2,1-5H3/t13-/m0/s1. The molecule has 0 rings (SSSR count). The van der Waals surface area contributed by atoms with Crippen molar-refractivity contribution in [1.82, 2.24) is 0 Å². The van der Waals surface area contributed by atoms with Crippen molar-refractivity contribution in [3.8, 4) is 0 Å².